The summed E-state index contributed by atoms with van der Waals surface area (Å²) in [4.78, 5) is 4.82. The van der Waals surface area contributed by atoms with Gasteiger partial charge in [0.25, 0.3) is 0 Å². The van der Waals surface area contributed by atoms with Gasteiger partial charge in [0.1, 0.15) is 0 Å². The molecule has 1 spiro atoms. The van der Waals surface area contributed by atoms with Crippen LogP contribution in [0.4, 0.5) is 22.7 Å². The first-order valence-corrected chi connectivity index (χ1v) is 16.9. The molecule has 0 fully saturated rings. The van der Waals surface area contributed by atoms with Crippen molar-refractivity contribution in [3.63, 3.8) is 0 Å². The lowest BCUT2D eigenvalue weighted by molar-refractivity contribution is 0.769. The summed E-state index contributed by atoms with van der Waals surface area (Å²) in [6.45, 7) is 0.804. The molecule has 3 aliphatic rings. The van der Waals surface area contributed by atoms with Crippen LogP contribution >= 0.6 is 0 Å². The van der Waals surface area contributed by atoms with Crippen molar-refractivity contribution in [3.8, 4) is 22.3 Å². The first-order valence-electron chi connectivity index (χ1n) is 16.9. The molecule has 0 N–H and O–H groups in total. The first-order chi connectivity index (χ1) is 23.7. The fraction of sp³-hybridized carbons (Fsp3) is 0.0870. The van der Waals surface area contributed by atoms with Gasteiger partial charge in [-0.15, -0.1) is 0 Å². The molecule has 10 rings (SSSR count). The van der Waals surface area contributed by atoms with Gasteiger partial charge in [-0.25, -0.2) is 0 Å². The van der Waals surface area contributed by atoms with Gasteiger partial charge in [-0.05, 0) is 97.6 Å². The molecule has 0 amide bonds. The Morgan fingerprint density at radius 3 is 1.56 bits per heavy atom. The molecule has 0 atom stereocenters. The second-order valence-corrected chi connectivity index (χ2v) is 13.4. The van der Waals surface area contributed by atoms with E-state index in [2.05, 4.69) is 181 Å². The molecule has 0 aromatic heterocycles. The van der Waals surface area contributed by atoms with E-state index >= 15 is 0 Å². The van der Waals surface area contributed by atoms with Crippen LogP contribution in [-0.2, 0) is 18.4 Å². The van der Waals surface area contributed by atoms with Gasteiger partial charge in [0.05, 0.1) is 5.41 Å². The van der Waals surface area contributed by atoms with E-state index in [-0.39, 0.29) is 5.41 Å². The predicted molar refractivity (Wildman–Crippen MR) is 199 cm³/mol. The van der Waals surface area contributed by atoms with Crippen LogP contribution in [0.1, 0.15) is 38.9 Å². The van der Waals surface area contributed by atoms with Crippen molar-refractivity contribution in [1.29, 1.82) is 0 Å². The molecule has 1 heterocycles. The molecule has 228 valence electrons. The highest BCUT2D eigenvalue weighted by molar-refractivity contribution is 5.95. The highest BCUT2D eigenvalue weighted by Crippen LogP contribution is 2.63. The zero-order valence-electron chi connectivity index (χ0n) is 26.9. The molecule has 7 aromatic carbocycles. The van der Waals surface area contributed by atoms with E-state index in [0.717, 1.165) is 13.0 Å². The summed E-state index contributed by atoms with van der Waals surface area (Å²) in [5.41, 5.74) is 19.6. The molecule has 0 unspecified atom stereocenters. The number of benzene rings is 7. The Bertz CT molecular complexity index is 2280. The molecule has 0 radical (unpaired) electrons. The Kier molecular flexibility index (Phi) is 5.86. The van der Waals surface area contributed by atoms with E-state index < -0.39 is 0 Å². The van der Waals surface area contributed by atoms with E-state index in [9.17, 15) is 0 Å². The van der Waals surface area contributed by atoms with Crippen molar-refractivity contribution in [1.82, 2.24) is 0 Å². The molecule has 0 saturated carbocycles. The van der Waals surface area contributed by atoms with Crippen LogP contribution in [0.2, 0.25) is 0 Å². The Morgan fingerprint density at radius 2 is 0.979 bits per heavy atom. The molecule has 2 aliphatic carbocycles. The highest BCUT2D eigenvalue weighted by Gasteiger charge is 2.52. The summed E-state index contributed by atoms with van der Waals surface area (Å²) in [5, 5.41) is 0. The summed E-state index contributed by atoms with van der Waals surface area (Å²) in [7, 11) is 2.23. The lowest BCUT2D eigenvalue weighted by atomic mass is 9.69. The maximum absolute atomic E-state index is 2.41. The number of nitrogens with zero attached hydrogens (tertiary/aromatic N) is 2. The number of hydrogen-bond acceptors (Lipinski definition) is 2. The summed E-state index contributed by atoms with van der Waals surface area (Å²) in [6, 6.07) is 60.8. The van der Waals surface area contributed by atoms with Gasteiger partial charge >= 0.3 is 0 Å². The fourth-order valence-corrected chi connectivity index (χ4v) is 8.95. The minimum absolute atomic E-state index is 0.338. The minimum atomic E-state index is -0.338. The molecular weight excluding hydrogens is 581 g/mol. The third kappa shape index (κ3) is 3.69. The van der Waals surface area contributed by atoms with Crippen LogP contribution in [0.3, 0.4) is 0 Å². The van der Waals surface area contributed by atoms with E-state index in [1.807, 2.05) is 0 Å². The normalized spacial score (nSPS) is 14.1. The van der Waals surface area contributed by atoms with Gasteiger partial charge in [0.15, 0.2) is 0 Å². The Balaban J connectivity index is 1.07. The molecular formula is C46H34N2. The molecule has 7 aromatic rings. The van der Waals surface area contributed by atoms with Crippen molar-refractivity contribution >= 4 is 22.7 Å². The van der Waals surface area contributed by atoms with Gasteiger partial charge in [0.2, 0.25) is 0 Å². The quantitative estimate of drug-likeness (QED) is 0.195. The maximum Gasteiger partial charge on any atom is 0.0728 e. The van der Waals surface area contributed by atoms with Crippen LogP contribution in [0, 0.1) is 0 Å². The zero-order chi connectivity index (χ0) is 31.8. The van der Waals surface area contributed by atoms with Gasteiger partial charge < -0.3 is 9.80 Å². The highest BCUT2D eigenvalue weighted by atomic mass is 15.2. The summed E-state index contributed by atoms with van der Waals surface area (Å²) in [5.74, 6) is 0. The van der Waals surface area contributed by atoms with Crippen molar-refractivity contribution < 1.29 is 0 Å². The van der Waals surface area contributed by atoms with Crippen LogP contribution < -0.4 is 9.80 Å². The number of fused-ring (bicyclic) bond motifs is 12. The monoisotopic (exact) mass is 614 g/mol. The smallest absolute Gasteiger partial charge is 0.0728 e. The van der Waals surface area contributed by atoms with Crippen molar-refractivity contribution in [2.45, 2.75) is 18.4 Å². The Labute approximate surface area is 282 Å². The molecule has 0 saturated heterocycles. The summed E-state index contributed by atoms with van der Waals surface area (Å²) >= 11 is 0. The van der Waals surface area contributed by atoms with Crippen molar-refractivity contribution in [2.75, 3.05) is 16.8 Å². The van der Waals surface area contributed by atoms with E-state index in [0.29, 0.717) is 0 Å². The molecule has 2 nitrogen and oxygen atoms in total. The summed E-state index contributed by atoms with van der Waals surface area (Å²) in [6.07, 6.45) is 0.964. The van der Waals surface area contributed by atoms with Gasteiger partial charge in [-0.3, -0.25) is 0 Å². The van der Waals surface area contributed by atoms with Crippen LogP contribution in [0.5, 0.6) is 0 Å². The average Bonchev–Trinajstić information content (AvgIpc) is 3.62. The number of anilines is 4. The minimum Gasteiger partial charge on any atom is -0.370 e. The second-order valence-electron chi connectivity index (χ2n) is 13.4. The number of rotatable bonds is 4. The maximum atomic E-state index is 2.41. The lowest BCUT2D eigenvalue weighted by Gasteiger charge is -2.34. The number of hydrogen-bond donors (Lipinski definition) is 0. The van der Waals surface area contributed by atoms with Gasteiger partial charge in [0, 0.05) is 42.8 Å². The van der Waals surface area contributed by atoms with Crippen LogP contribution in [0.25, 0.3) is 22.3 Å². The fourth-order valence-electron chi connectivity index (χ4n) is 8.95. The van der Waals surface area contributed by atoms with Crippen molar-refractivity contribution in [3.05, 3.63) is 203 Å². The number of para-hydroxylation sites is 2. The van der Waals surface area contributed by atoms with E-state index in [1.165, 1.54) is 83.9 Å². The molecule has 1 aliphatic heterocycles. The third-order valence-corrected chi connectivity index (χ3v) is 10.9. The second kappa shape index (κ2) is 10.3. The van der Waals surface area contributed by atoms with Crippen LogP contribution in [-0.4, -0.2) is 7.05 Å². The molecule has 0 bridgehead atoms. The zero-order valence-corrected chi connectivity index (χ0v) is 26.9. The third-order valence-electron chi connectivity index (χ3n) is 10.9. The SMILES string of the molecule is CN(Cc1cccc2c1C1(c3ccccc3-c3ccccc31)c1ccccc1-2)c1ccc(N2c3ccccc3Cc3ccccc32)cc1. The van der Waals surface area contributed by atoms with Gasteiger partial charge in [-0.2, -0.15) is 0 Å². The Morgan fingerprint density at radius 1 is 0.500 bits per heavy atom. The van der Waals surface area contributed by atoms with Crippen molar-refractivity contribution in [2.24, 2.45) is 0 Å². The van der Waals surface area contributed by atoms with Crippen LogP contribution in [0.15, 0.2) is 164 Å². The summed E-state index contributed by atoms with van der Waals surface area (Å²) < 4.78 is 0. The average molecular weight is 615 g/mol. The Hall–Kier alpha value is -5.86. The topological polar surface area (TPSA) is 6.48 Å². The molecule has 48 heavy (non-hydrogen) atoms. The van der Waals surface area contributed by atoms with Gasteiger partial charge in [-0.1, -0.05) is 127 Å². The molecule has 2 heteroatoms. The predicted octanol–water partition coefficient (Wildman–Crippen LogP) is 11.0. The van der Waals surface area contributed by atoms with E-state index in [1.54, 1.807) is 0 Å². The first kappa shape index (κ1) is 27.3. The lowest BCUT2D eigenvalue weighted by Crippen LogP contribution is -2.29. The van der Waals surface area contributed by atoms with E-state index in [4.69, 9.17) is 0 Å². The largest absolute Gasteiger partial charge is 0.370 e. The standard InChI is InChI=1S/C46H34N2/c1-47(34-25-27-35(28-26-34)48-43-23-10-2-13-31(43)29-32-14-3-11-24-44(32)48)30-33-15-12-19-39-38-18-6-9-22-42(38)46(45(33)39)40-20-7-4-16-36(40)37-17-5-8-21-41(37)46/h2-28H,29-30H2,1H3.